The highest BCUT2D eigenvalue weighted by atomic mass is 35.7. The molecule has 0 fully saturated rings. The zero-order valence-corrected chi connectivity index (χ0v) is 23.1. The van der Waals surface area contributed by atoms with Crippen LogP contribution in [0.15, 0.2) is 84.9 Å². The minimum absolute atomic E-state index is 1.10. The number of fused-ring (bicyclic) bond motifs is 2. The van der Waals surface area contributed by atoms with Gasteiger partial charge in [0.05, 0.1) is 0 Å². The van der Waals surface area contributed by atoms with Gasteiger partial charge in [-0.1, -0.05) is 42.5 Å². The maximum absolute atomic E-state index is 8.49. The summed E-state index contributed by atoms with van der Waals surface area (Å²) in [4.78, 5) is 2.20. The van der Waals surface area contributed by atoms with Gasteiger partial charge in [0.15, 0.2) is 0 Å². The van der Waals surface area contributed by atoms with E-state index in [0.29, 0.717) is 0 Å². The minimum Gasteiger partial charge on any atom is -0.378 e. The maximum atomic E-state index is 8.49. The molecule has 0 saturated heterocycles. The molecule has 39 heavy (non-hydrogen) atoms. The van der Waals surface area contributed by atoms with Gasteiger partial charge in [-0.3, -0.25) is 0 Å². The first-order valence-electron chi connectivity index (χ1n) is 12.9. The van der Waals surface area contributed by atoms with E-state index in [1.165, 1.54) is 50.5 Å². The topological polar surface area (TPSA) is 99.4 Å². The van der Waals surface area contributed by atoms with E-state index < -0.39 is 10.2 Å². The SMILES string of the molecule is CN(C)c1ccc2c(c1)CC/C2=C1/CCc2c1cc(-c1ccccc1)[n+](C)c2-c1ccccc1.[O-][Cl+3]([O-])([O-])[O-]. The van der Waals surface area contributed by atoms with Crippen molar-refractivity contribution in [2.45, 2.75) is 25.7 Å². The molecular weight excluding hydrogens is 512 g/mol. The Hall–Kier alpha value is -3.52. The third kappa shape index (κ3) is 5.76. The molecule has 2 aliphatic carbocycles. The number of aromatic nitrogens is 1. The van der Waals surface area contributed by atoms with Gasteiger partial charge in [-0.25, -0.2) is 18.6 Å². The predicted molar refractivity (Wildman–Crippen MR) is 143 cm³/mol. The third-order valence-corrected chi connectivity index (χ3v) is 7.59. The van der Waals surface area contributed by atoms with E-state index in [9.17, 15) is 0 Å². The molecule has 1 heterocycles. The number of rotatable bonds is 3. The van der Waals surface area contributed by atoms with Crippen LogP contribution in [0.4, 0.5) is 5.69 Å². The second-order valence-electron chi connectivity index (χ2n) is 10.1. The Bertz CT molecular complexity index is 1520. The van der Waals surface area contributed by atoms with E-state index in [0.717, 1.165) is 25.7 Å². The standard InChI is InChI=1S/C32H31N2.ClHO4/c1-33(2)25-15-17-26-24(20-25)14-16-27(26)28-18-19-29-30(28)21-31(22-10-6-4-7-11-22)34(3)32(29)23-12-8-5-9-13-23;2-1(3,4)5/h4-13,15,17,20-21H,14,16,18-19H2,1-3H3;(H,2,3,4,5)/q+1;/p-1. The van der Waals surface area contributed by atoms with Crippen molar-refractivity contribution in [2.24, 2.45) is 7.05 Å². The van der Waals surface area contributed by atoms with E-state index >= 15 is 0 Å². The number of benzene rings is 3. The monoisotopic (exact) mass is 542 g/mol. The lowest BCUT2D eigenvalue weighted by Gasteiger charge is -2.17. The fraction of sp³-hybridized carbons (Fsp3) is 0.219. The fourth-order valence-electron chi connectivity index (χ4n) is 5.91. The lowest BCUT2D eigenvalue weighted by molar-refractivity contribution is -2.00. The van der Waals surface area contributed by atoms with E-state index in [4.69, 9.17) is 18.6 Å². The highest BCUT2D eigenvalue weighted by Crippen LogP contribution is 2.46. The molecule has 6 rings (SSSR count). The molecule has 0 atom stereocenters. The highest BCUT2D eigenvalue weighted by molar-refractivity contribution is 5.97. The summed E-state index contributed by atoms with van der Waals surface area (Å²) in [6, 6.07) is 31.2. The van der Waals surface area contributed by atoms with Gasteiger partial charge in [0.25, 0.3) is 0 Å². The number of anilines is 1. The molecular formula is C32H31ClN2O4. The van der Waals surface area contributed by atoms with E-state index in [2.05, 4.69) is 116 Å². The molecule has 6 nitrogen and oxygen atoms in total. The Morgan fingerprint density at radius 2 is 1.23 bits per heavy atom. The highest BCUT2D eigenvalue weighted by Gasteiger charge is 2.33. The molecule has 7 heteroatoms. The Kier molecular flexibility index (Phi) is 7.58. The fourth-order valence-corrected chi connectivity index (χ4v) is 5.91. The van der Waals surface area contributed by atoms with E-state index in [-0.39, 0.29) is 0 Å². The first kappa shape index (κ1) is 27.1. The molecule has 200 valence electrons. The van der Waals surface area contributed by atoms with Crippen molar-refractivity contribution >= 4 is 16.8 Å². The summed E-state index contributed by atoms with van der Waals surface area (Å²) in [6.45, 7) is 0. The van der Waals surface area contributed by atoms with Gasteiger partial charge < -0.3 is 4.90 Å². The van der Waals surface area contributed by atoms with Gasteiger partial charge in [0.1, 0.15) is 7.05 Å². The molecule has 4 aromatic rings. The molecule has 0 spiro atoms. The number of hydrogen-bond acceptors (Lipinski definition) is 5. The van der Waals surface area contributed by atoms with Crippen molar-refractivity contribution in [1.29, 1.82) is 0 Å². The van der Waals surface area contributed by atoms with Crippen LogP contribution < -0.4 is 28.1 Å². The van der Waals surface area contributed by atoms with Crippen molar-refractivity contribution in [2.75, 3.05) is 19.0 Å². The summed E-state index contributed by atoms with van der Waals surface area (Å²) >= 11 is 0. The summed E-state index contributed by atoms with van der Waals surface area (Å²) in [5.41, 5.74) is 15.5. The van der Waals surface area contributed by atoms with Crippen LogP contribution in [0.2, 0.25) is 0 Å². The molecule has 3 aromatic carbocycles. The zero-order valence-electron chi connectivity index (χ0n) is 22.3. The number of nitrogens with zero attached hydrogens (tertiary/aromatic N) is 2. The molecule has 0 aliphatic heterocycles. The quantitative estimate of drug-likeness (QED) is 0.369. The van der Waals surface area contributed by atoms with Crippen molar-refractivity contribution in [3.05, 3.63) is 107 Å². The molecule has 0 saturated carbocycles. The van der Waals surface area contributed by atoms with Gasteiger partial charge >= 0.3 is 0 Å². The zero-order chi connectivity index (χ0) is 27.7. The Labute approximate surface area is 231 Å². The van der Waals surface area contributed by atoms with Crippen LogP contribution in [-0.2, 0) is 19.9 Å². The van der Waals surface area contributed by atoms with Crippen LogP contribution in [-0.4, -0.2) is 14.1 Å². The minimum atomic E-state index is -4.94. The normalized spacial score (nSPS) is 15.9. The van der Waals surface area contributed by atoms with Crippen molar-refractivity contribution in [3.63, 3.8) is 0 Å². The van der Waals surface area contributed by atoms with Crippen molar-refractivity contribution < 1.29 is 33.4 Å². The largest absolute Gasteiger partial charge is 0.378 e. The number of aryl methyl sites for hydroxylation is 1. The molecule has 0 bridgehead atoms. The number of pyridine rings is 1. The molecule has 0 radical (unpaired) electrons. The van der Waals surface area contributed by atoms with E-state index in [1.807, 2.05) is 0 Å². The van der Waals surface area contributed by atoms with E-state index in [1.54, 1.807) is 11.1 Å². The Morgan fingerprint density at radius 3 is 1.85 bits per heavy atom. The smallest absolute Gasteiger partial charge is 0.216 e. The van der Waals surface area contributed by atoms with Gasteiger partial charge in [-0.2, -0.15) is 4.57 Å². The first-order chi connectivity index (χ1) is 18.6. The lowest BCUT2D eigenvalue weighted by Crippen LogP contribution is -2.68. The van der Waals surface area contributed by atoms with Gasteiger partial charge in [-0.05, 0) is 89.9 Å². The summed E-state index contributed by atoms with van der Waals surface area (Å²) in [7, 11) is 1.53. The van der Waals surface area contributed by atoms with Crippen LogP contribution >= 0.6 is 0 Å². The second-order valence-corrected chi connectivity index (χ2v) is 10.9. The first-order valence-corrected chi connectivity index (χ1v) is 14.2. The molecule has 0 unspecified atom stereocenters. The number of allylic oxidation sites excluding steroid dienone is 2. The van der Waals surface area contributed by atoms with Gasteiger partial charge in [0, 0.05) is 42.5 Å². The summed E-state index contributed by atoms with van der Waals surface area (Å²) in [5, 5.41) is 0. The van der Waals surface area contributed by atoms with Crippen molar-refractivity contribution in [3.8, 4) is 22.5 Å². The average molecular weight is 543 g/mol. The molecule has 0 N–H and O–H groups in total. The van der Waals surface area contributed by atoms with Crippen LogP contribution in [0.1, 0.15) is 35.1 Å². The van der Waals surface area contributed by atoms with Crippen LogP contribution in [0, 0.1) is 10.2 Å². The third-order valence-electron chi connectivity index (χ3n) is 7.59. The Balaban J connectivity index is 0.000000567. The van der Waals surface area contributed by atoms with Crippen molar-refractivity contribution in [1.82, 2.24) is 0 Å². The van der Waals surface area contributed by atoms with Crippen LogP contribution in [0.5, 0.6) is 0 Å². The summed E-state index contributed by atoms with van der Waals surface area (Å²) in [5.74, 6) is 0. The van der Waals surface area contributed by atoms with Crippen LogP contribution in [0.3, 0.4) is 0 Å². The summed E-state index contributed by atoms with van der Waals surface area (Å²) in [6.07, 6.45) is 4.51. The number of hydrogen-bond donors (Lipinski definition) is 0. The van der Waals surface area contributed by atoms with Crippen LogP contribution in [0.25, 0.3) is 33.7 Å². The van der Waals surface area contributed by atoms with Gasteiger partial charge in [0.2, 0.25) is 11.4 Å². The number of halogens is 1. The predicted octanol–water partition coefficient (Wildman–Crippen LogP) is 1.96. The molecule has 1 aromatic heterocycles. The average Bonchev–Trinajstić information content (AvgIpc) is 3.51. The second kappa shape index (κ2) is 10.9. The lowest BCUT2D eigenvalue weighted by atomic mass is 9.94. The Morgan fingerprint density at radius 1 is 0.667 bits per heavy atom. The summed E-state index contributed by atoms with van der Waals surface area (Å²) < 4.78 is 36.4. The van der Waals surface area contributed by atoms with Gasteiger partial charge in [-0.15, -0.1) is 10.2 Å². The maximum Gasteiger partial charge on any atom is 0.216 e. The molecule has 2 aliphatic rings. The molecule has 0 amide bonds.